The van der Waals surface area contributed by atoms with Crippen LogP contribution in [0.3, 0.4) is 0 Å². The van der Waals surface area contributed by atoms with Gasteiger partial charge >= 0.3 is 0 Å². The zero-order valence-corrected chi connectivity index (χ0v) is 11.6. The maximum Gasteiger partial charge on any atom is 0.140 e. The summed E-state index contributed by atoms with van der Waals surface area (Å²) in [5, 5.41) is 3.28. The summed E-state index contributed by atoms with van der Waals surface area (Å²) < 4.78 is 2.07. The van der Waals surface area contributed by atoms with Crippen LogP contribution in [0.25, 0.3) is 0 Å². The number of halogens is 2. The largest absolute Gasteiger partial charge is 0.365 e. The lowest BCUT2D eigenvalue weighted by Gasteiger charge is -2.07. The zero-order chi connectivity index (χ0) is 11.4. The van der Waals surface area contributed by atoms with Gasteiger partial charge in [0.15, 0.2) is 0 Å². The smallest absolute Gasteiger partial charge is 0.140 e. The third-order valence-corrected chi connectivity index (χ3v) is 3.30. The molecular weight excluding hydrogens is 332 g/mol. The number of hydrogen-bond donors (Lipinski definition) is 1. The second kappa shape index (κ2) is 5.46. The molecule has 2 rings (SSSR count). The Morgan fingerprint density at radius 3 is 2.50 bits per heavy atom. The maximum atomic E-state index is 4.24. The molecule has 0 fully saturated rings. The number of anilines is 1. The molecule has 16 heavy (non-hydrogen) atoms. The monoisotopic (exact) mass is 340 g/mol. The first-order chi connectivity index (χ1) is 7.75. The molecule has 0 aliphatic heterocycles. The van der Waals surface area contributed by atoms with Crippen LogP contribution in [0.1, 0.15) is 5.56 Å². The molecule has 0 radical (unpaired) electrons. The molecule has 0 saturated carbocycles. The average molecular weight is 342 g/mol. The second-order valence-electron chi connectivity index (χ2n) is 3.31. The van der Waals surface area contributed by atoms with Crippen LogP contribution in [0.4, 0.5) is 5.82 Å². The highest BCUT2D eigenvalue weighted by molar-refractivity contribution is 9.10. The van der Waals surface area contributed by atoms with Crippen LogP contribution < -0.4 is 5.32 Å². The van der Waals surface area contributed by atoms with E-state index in [4.69, 9.17) is 0 Å². The minimum atomic E-state index is 0.767. The lowest BCUT2D eigenvalue weighted by atomic mass is 10.2. The van der Waals surface area contributed by atoms with E-state index in [2.05, 4.69) is 54.3 Å². The van der Waals surface area contributed by atoms with Crippen molar-refractivity contribution in [3.05, 3.63) is 57.1 Å². The molecule has 0 aliphatic rings. The topological polar surface area (TPSA) is 24.9 Å². The highest BCUT2D eigenvalue weighted by atomic mass is 79.9. The summed E-state index contributed by atoms with van der Waals surface area (Å²) in [6.07, 6.45) is 1.77. The van der Waals surface area contributed by atoms with Gasteiger partial charge in [0.05, 0.1) is 4.47 Å². The third kappa shape index (κ3) is 3.06. The minimum Gasteiger partial charge on any atom is -0.365 e. The molecule has 1 heterocycles. The first kappa shape index (κ1) is 11.6. The molecule has 1 N–H and O–H groups in total. The molecule has 0 aliphatic carbocycles. The summed E-state index contributed by atoms with van der Waals surface area (Å²) in [6.45, 7) is 0.767. The molecule has 2 nitrogen and oxygen atoms in total. The van der Waals surface area contributed by atoms with Gasteiger partial charge in [-0.25, -0.2) is 4.98 Å². The average Bonchev–Trinajstić information content (AvgIpc) is 2.30. The van der Waals surface area contributed by atoms with Gasteiger partial charge in [0.1, 0.15) is 5.82 Å². The van der Waals surface area contributed by atoms with Gasteiger partial charge in [-0.1, -0.05) is 28.1 Å². The second-order valence-corrected chi connectivity index (χ2v) is 5.08. The molecule has 0 amide bonds. The zero-order valence-electron chi connectivity index (χ0n) is 8.45. The Balaban J connectivity index is 2.02. The molecule has 0 unspecified atom stereocenters. The number of benzene rings is 1. The lowest BCUT2D eigenvalue weighted by Crippen LogP contribution is -2.01. The van der Waals surface area contributed by atoms with E-state index in [0.717, 1.165) is 21.3 Å². The summed E-state index contributed by atoms with van der Waals surface area (Å²) in [5.41, 5.74) is 1.22. The van der Waals surface area contributed by atoms with Gasteiger partial charge in [-0.05, 0) is 45.8 Å². The van der Waals surface area contributed by atoms with Crippen molar-refractivity contribution < 1.29 is 0 Å². The number of pyridine rings is 1. The number of hydrogen-bond acceptors (Lipinski definition) is 2. The Hall–Kier alpha value is -0.870. The van der Waals surface area contributed by atoms with Crippen LogP contribution in [-0.2, 0) is 6.54 Å². The van der Waals surface area contributed by atoms with Gasteiger partial charge in [0.25, 0.3) is 0 Å². The van der Waals surface area contributed by atoms with Gasteiger partial charge in [-0.2, -0.15) is 0 Å². The van der Waals surface area contributed by atoms with Crippen molar-refractivity contribution in [1.82, 2.24) is 4.98 Å². The predicted molar refractivity (Wildman–Crippen MR) is 73.4 cm³/mol. The third-order valence-electron chi connectivity index (χ3n) is 2.13. The number of nitrogens with one attached hydrogen (secondary N) is 1. The number of aromatic nitrogens is 1. The van der Waals surface area contributed by atoms with E-state index in [1.807, 2.05) is 24.3 Å². The Morgan fingerprint density at radius 2 is 1.81 bits per heavy atom. The summed E-state index contributed by atoms with van der Waals surface area (Å²) in [6, 6.07) is 12.1. The quantitative estimate of drug-likeness (QED) is 0.904. The van der Waals surface area contributed by atoms with E-state index in [1.54, 1.807) is 6.20 Å². The fourth-order valence-corrected chi connectivity index (χ4v) is 1.96. The van der Waals surface area contributed by atoms with E-state index in [0.29, 0.717) is 0 Å². The molecule has 0 saturated heterocycles. The highest BCUT2D eigenvalue weighted by Gasteiger charge is 1.99. The molecule has 82 valence electrons. The number of rotatable bonds is 3. The van der Waals surface area contributed by atoms with Crippen LogP contribution in [0.5, 0.6) is 0 Å². The Bertz CT molecular complexity index is 469. The fourth-order valence-electron chi connectivity index (χ4n) is 1.30. The molecule has 0 bridgehead atoms. The van der Waals surface area contributed by atoms with E-state index in [1.165, 1.54) is 5.56 Å². The minimum absolute atomic E-state index is 0.767. The van der Waals surface area contributed by atoms with Gasteiger partial charge in [0, 0.05) is 17.2 Å². The summed E-state index contributed by atoms with van der Waals surface area (Å²) >= 11 is 6.86. The van der Waals surface area contributed by atoms with Crippen molar-refractivity contribution in [2.24, 2.45) is 0 Å². The number of nitrogens with zero attached hydrogens (tertiary/aromatic N) is 1. The molecule has 0 spiro atoms. The van der Waals surface area contributed by atoms with Gasteiger partial charge in [-0.15, -0.1) is 0 Å². The van der Waals surface area contributed by atoms with E-state index >= 15 is 0 Å². The molecule has 2 aromatic rings. The molecular formula is C12H10Br2N2. The summed E-state index contributed by atoms with van der Waals surface area (Å²) in [5.74, 6) is 0.866. The van der Waals surface area contributed by atoms with Crippen molar-refractivity contribution in [3.8, 4) is 0 Å². The van der Waals surface area contributed by atoms with Crippen LogP contribution in [0, 0.1) is 0 Å². The molecule has 1 aromatic carbocycles. The molecule has 0 atom stereocenters. The van der Waals surface area contributed by atoms with Crippen molar-refractivity contribution in [3.63, 3.8) is 0 Å². The summed E-state index contributed by atoms with van der Waals surface area (Å²) in [7, 11) is 0. The van der Waals surface area contributed by atoms with Crippen molar-refractivity contribution >= 4 is 37.7 Å². The van der Waals surface area contributed by atoms with E-state index < -0.39 is 0 Å². The first-order valence-corrected chi connectivity index (χ1v) is 6.43. The standard InChI is InChI=1S/C12H10Br2N2/c13-10-5-3-9(4-6-10)8-16-12-11(14)2-1-7-15-12/h1-7H,8H2,(H,15,16). The summed E-state index contributed by atoms with van der Waals surface area (Å²) in [4.78, 5) is 4.24. The van der Waals surface area contributed by atoms with Gasteiger partial charge < -0.3 is 5.32 Å². The van der Waals surface area contributed by atoms with Crippen molar-refractivity contribution in [2.75, 3.05) is 5.32 Å². The fraction of sp³-hybridized carbons (Fsp3) is 0.0833. The van der Waals surface area contributed by atoms with Gasteiger partial charge in [0.2, 0.25) is 0 Å². The normalized spacial score (nSPS) is 10.1. The van der Waals surface area contributed by atoms with Crippen molar-refractivity contribution in [1.29, 1.82) is 0 Å². The van der Waals surface area contributed by atoms with Crippen LogP contribution in [0.2, 0.25) is 0 Å². The van der Waals surface area contributed by atoms with Crippen molar-refractivity contribution in [2.45, 2.75) is 6.54 Å². The maximum absolute atomic E-state index is 4.24. The van der Waals surface area contributed by atoms with Crippen LogP contribution in [-0.4, -0.2) is 4.98 Å². The first-order valence-electron chi connectivity index (χ1n) is 4.84. The Morgan fingerprint density at radius 1 is 1.06 bits per heavy atom. The predicted octanol–water partition coefficient (Wildman–Crippen LogP) is 4.22. The molecule has 4 heteroatoms. The van der Waals surface area contributed by atoms with Crippen LogP contribution >= 0.6 is 31.9 Å². The Kier molecular flexibility index (Phi) is 3.96. The van der Waals surface area contributed by atoms with E-state index in [-0.39, 0.29) is 0 Å². The Labute approximate surface area is 111 Å². The molecule has 1 aromatic heterocycles. The van der Waals surface area contributed by atoms with Gasteiger partial charge in [-0.3, -0.25) is 0 Å². The lowest BCUT2D eigenvalue weighted by molar-refractivity contribution is 1.10. The van der Waals surface area contributed by atoms with Crippen LogP contribution in [0.15, 0.2) is 51.5 Å². The highest BCUT2D eigenvalue weighted by Crippen LogP contribution is 2.19. The SMILES string of the molecule is Brc1ccc(CNc2ncccc2Br)cc1. The van der Waals surface area contributed by atoms with E-state index in [9.17, 15) is 0 Å².